The first-order valence-electron chi connectivity index (χ1n) is 8.33. The van der Waals surface area contributed by atoms with Crippen LogP contribution in [0.2, 0.25) is 0 Å². The van der Waals surface area contributed by atoms with Crippen LogP contribution in [0.3, 0.4) is 0 Å². The lowest BCUT2D eigenvalue weighted by atomic mass is 10.0. The van der Waals surface area contributed by atoms with E-state index in [2.05, 4.69) is 11.9 Å². The summed E-state index contributed by atoms with van der Waals surface area (Å²) in [7, 11) is 3.47. The number of carbonyl (C=O) groups is 1. The molecule has 0 saturated carbocycles. The van der Waals surface area contributed by atoms with Gasteiger partial charge >= 0.3 is 0 Å². The van der Waals surface area contributed by atoms with Gasteiger partial charge in [-0.25, -0.2) is 0 Å². The number of nitrogens with zero attached hydrogens (tertiary/aromatic N) is 2. The van der Waals surface area contributed by atoms with Crippen molar-refractivity contribution >= 4 is 16.9 Å². The Kier molecular flexibility index (Phi) is 5.03. The second-order valence-corrected chi connectivity index (χ2v) is 6.01. The number of pyridine rings is 1. The van der Waals surface area contributed by atoms with Crippen molar-refractivity contribution in [2.75, 3.05) is 14.2 Å². The Bertz CT molecular complexity index is 858. The van der Waals surface area contributed by atoms with Crippen molar-refractivity contribution in [3.8, 4) is 5.75 Å². The zero-order valence-corrected chi connectivity index (χ0v) is 14.7. The molecule has 5 heteroatoms. The Morgan fingerprint density at radius 2 is 2.04 bits per heavy atom. The first kappa shape index (κ1) is 17.0. The van der Waals surface area contributed by atoms with Crippen LogP contribution in [-0.4, -0.2) is 29.9 Å². The number of amides is 1. The first-order valence-corrected chi connectivity index (χ1v) is 8.33. The fraction of sp³-hybridized carbons (Fsp3) is 0.300. The van der Waals surface area contributed by atoms with Gasteiger partial charge in [-0.1, -0.05) is 6.92 Å². The van der Waals surface area contributed by atoms with Gasteiger partial charge in [-0.3, -0.25) is 9.78 Å². The number of methoxy groups -OCH3 is 1. The van der Waals surface area contributed by atoms with Gasteiger partial charge in [-0.05, 0) is 36.2 Å². The average molecular weight is 338 g/mol. The van der Waals surface area contributed by atoms with E-state index >= 15 is 0 Å². The molecule has 1 unspecified atom stereocenters. The molecule has 0 N–H and O–H groups in total. The van der Waals surface area contributed by atoms with E-state index < -0.39 is 0 Å². The highest BCUT2D eigenvalue weighted by Crippen LogP contribution is 2.28. The smallest absolute Gasteiger partial charge is 0.227 e. The van der Waals surface area contributed by atoms with Gasteiger partial charge in [0.25, 0.3) is 0 Å². The highest BCUT2D eigenvalue weighted by atomic mass is 16.5. The summed E-state index contributed by atoms with van der Waals surface area (Å²) in [5, 5.41) is 0.944. The minimum Gasteiger partial charge on any atom is -0.497 e. The molecule has 0 saturated heterocycles. The lowest BCUT2D eigenvalue weighted by Crippen LogP contribution is -2.32. The molecule has 3 rings (SSSR count). The maximum Gasteiger partial charge on any atom is 0.227 e. The van der Waals surface area contributed by atoms with Gasteiger partial charge in [0.05, 0.1) is 25.8 Å². The van der Waals surface area contributed by atoms with Crippen LogP contribution in [0.5, 0.6) is 5.75 Å². The van der Waals surface area contributed by atoms with E-state index in [4.69, 9.17) is 9.15 Å². The summed E-state index contributed by atoms with van der Waals surface area (Å²) < 4.78 is 10.8. The number of hydrogen-bond donors (Lipinski definition) is 0. The molecule has 0 fully saturated rings. The van der Waals surface area contributed by atoms with Crippen LogP contribution in [-0.2, 0) is 11.2 Å². The quantitative estimate of drug-likeness (QED) is 0.682. The molecule has 3 aromatic rings. The summed E-state index contributed by atoms with van der Waals surface area (Å²) in [5.41, 5.74) is 2.71. The largest absolute Gasteiger partial charge is 0.497 e. The minimum absolute atomic E-state index is 0.0359. The van der Waals surface area contributed by atoms with Gasteiger partial charge < -0.3 is 14.1 Å². The van der Waals surface area contributed by atoms with Gasteiger partial charge in [0, 0.05) is 36.5 Å². The Labute approximate surface area is 147 Å². The monoisotopic (exact) mass is 338 g/mol. The molecule has 130 valence electrons. The van der Waals surface area contributed by atoms with Gasteiger partial charge in [0.15, 0.2) is 0 Å². The summed E-state index contributed by atoms with van der Waals surface area (Å²) >= 11 is 0. The number of hydrogen-bond acceptors (Lipinski definition) is 4. The summed E-state index contributed by atoms with van der Waals surface area (Å²) in [6.45, 7) is 2.08. The number of fused-ring (bicyclic) bond motifs is 1. The van der Waals surface area contributed by atoms with E-state index in [1.807, 2.05) is 37.4 Å². The van der Waals surface area contributed by atoms with Gasteiger partial charge in [0.2, 0.25) is 5.91 Å². The molecule has 25 heavy (non-hydrogen) atoms. The molecule has 5 nitrogen and oxygen atoms in total. The molecule has 1 atom stereocenters. The van der Waals surface area contributed by atoms with E-state index in [1.54, 1.807) is 30.7 Å². The molecule has 2 aromatic heterocycles. The van der Waals surface area contributed by atoms with Crippen molar-refractivity contribution in [3.63, 3.8) is 0 Å². The zero-order valence-electron chi connectivity index (χ0n) is 14.7. The fourth-order valence-corrected chi connectivity index (χ4v) is 3.11. The van der Waals surface area contributed by atoms with Crippen molar-refractivity contribution in [2.45, 2.75) is 25.8 Å². The Hall–Kier alpha value is -2.82. The zero-order chi connectivity index (χ0) is 17.8. The van der Waals surface area contributed by atoms with Crippen LogP contribution >= 0.6 is 0 Å². The maximum atomic E-state index is 12.8. The minimum atomic E-state index is 0.0359. The number of aromatic nitrogens is 1. The fourth-order valence-electron chi connectivity index (χ4n) is 3.11. The highest BCUT2D eigenvalue weighted by molar-refractivity contribution is 5.88. The van der Waals surface area contributed by atoms with Crippen LogP contribution in [0.1, 0.15) is 30.5 Å². The third-order valence-corrected chi connectivity index (χ3v) is 4.54. The lowest BCUT2D eigenvalue weighted by Gasteiger charge is -2.27. The second-order valence-electron chi connectivity index (χ2n) is 6.01. The molecule has 0 bridgehead atoms. The molecule has 2 heterocycles. The number of carbonyl (C=O) groups excluding carboxylic acids is 1. The van der Waals surface area contributed by atoms with Crippen LogP contribution in [0, 0.1) is 0 Å². The van der Waals surface area contributed by atoms with Crippen molar-refractivity contribution in [1.29, 1.82) is 0 Å². The molecule has 0 aliphatic carbocycles. The predicted molar refractivity (Wildman–Crippen MR) is 96.5 cm³/mol. The summed E-state index contributed by atoms with van der Waals surface area (Å²) in [5.74, 6) is 0.794. The Morgan fingerprint density at radius 3 is 2.72 bits per heavy atom. The number of benzene rings is 1. The van der Waals surface area contributed by atoms with E-state index in [9.17, 15) is 4.79 Å². The molecular formula is C20H22N2O3. The van der Waals surface area contributed by atoms with E-state index in [0.29, 0.717) is 6.42 Å². The van der Waals surface area contributed by atoms with Crippen molar-refractivity contribution < 1.29 is 13.9 Å². The third kappa shape index (κ3) is 3.50. The molecule has 0 aliphatic rings. The number of rotatable bonds is 6. The summed E-state index contributed by atoms with van der Waals surface area (Å²) in [6, 6.07) is 9.59. The van der Waals surface area contributed by atoms with Gasteiger partial charge in [0.1, 0.15) is 11.3 Å². The average Bonchev–Trinajstić information content (AvgIpc) is 3.05. The lowest BCUT2D eigenvalue weighted by molar-refractivity contribution is -0.131. The first-order chi connectivity index (χ1) is 12.1. The van der Waals surface area contributed by atoms with Crippen LogP contribution in [0.15, 0.2) is 53.4 Å². The van der Waals surface area contributed by atoms with Crippen LogP contribution < -0.4 is 4.74 Å². The number of likely N-dealkylation sites (N-methyl/N-ethyl adjacent to an activating group) is 1. The standard InChI is InChI=1S/C20H22N2O3/c1-4-18(14-7-9-21-10-8-14)22(2)20(23)11-15-13-25-19-12-16(24-3)5-6-17(15)19/h5-10,12-13,18H,4,11H2,1-3H3. The van der Waals surface area contributed by atoms with Crippen molar-refractivity contribution in [3.05, 3.63) is 60.1 Å². The van der Waals surface area contributed by atoms with Crippen LogP contribution in [0.4, 0.5) is 0 Å². The maximum absolute atomic E-state index is 12.8. The number of ether oxygens (including phenoxy) is 1. The summed E-state index contributed by atoms with van der Waals surface area (Å²) in [4.78, 5) is 18.6. The van der Waals surface area contributed by atoms with Gasteiger partial charge in [-0.2, -0.15) is 0 Å². The highest BCUT2D eigenvalue weighted by Gasteiger charge is 2.21. The predicted octanol–water partition coefficient (Wildman–Crippen LogP) is 3.99. The third-order valence-electron chi connectivity index (χ3n) is 4.54. The van der Waals surface area contributed by atoms with Crippen molar-refractivity contribution in [1.82, 2.24) is 9.88 Å². The van der Waals surface area contributed by atoms with E-state index in [1.165, 1.54) is 0 Å². The van der Waals surface area contributed by atoms with E-state index in [0.717, 1.165) is 34.3 Å². The van der Waals surface area contributed by atoms with Crippen LogP contribution in [0.25, 0.3) is 11.0 Å². The molecule has 1 aromatic carbocycles. The Morgan fingerprint density at radius 1 is 1.28 bits per heavy atom. The normalized spacial score (nSPS) is 12.1. The second kappa shape index (κ2) is 7.38. The molecular weight excluding hydrogens is 316 g/mol. The van der Waals surface area contributed by atoms with E-state index in [-0.39, 0.29) is 11.9 Å². The summed E-state index contributed by atoms with van der Waals surface area (Å²) in [6.07, 6.45) is 6.32. The SMILES string of the molecule is CCC(c1ccncc1)N(C)C(=O)Cc1coc2cc(OC)ccc12. The molecule has 0 radical (unpaired) electrons. The molecule has 0 aliphatic heterocycles. The molecule has 1 amide bonds. The van der Waals surface area contributed by atoms with Crippen molar-refractivity contribution in [2.24, 2.45) is 0 Å². The van der Waals surface area contributed by atoms with Gasteiger partial charge in [-0.15, -0.1) is 0 Å². The Balaban J connectivity index is 1.79. The number of furan rings is 1. The topological polar surface area (TPSA) is 55.6 Å². The molecule has 0 spiro atoms.